The van der Waals surface area contributed by atoms with Gasteiger partial charge in [0.15, 0.2) is 12.4 Å². The second kappa shape index (κ2) is 12.1. The van der Waals surface area contributed by atoms with Crippen LogP contribution < -0.4 is 20.3 Å². The summed E-state index contributed by atoms with van der Waals surface area (Å²) in [4.78, 5) is 31.0. The SMILES string of the molecule is COc1cccc2oc(-c3nc4ccccc4c(=O)n3N=Cc3cc(Cl)cc(Br)c3OCC(=O)Nc3ccccc3)cc12. The van der Waals surface area contributed by atoms with Crippen LogP contribution in [0.15, 0.2) is 110 Å². The predicted molar refractivity (Wildman–Crippen MR) is 170 cm³/mol. The molecule has 214 valence electrons. The Morgan fingerprint density at radius 1 is 1.05 bits per heavy atom. The van der Waals surface area contributed by atoms with E-state index in [9.17, 15) is 9.59 Å². The molecule has 0 saturated carbocycles. The molecule has 0 bridgehead atoms. The highest BCUT2D eigenvalue weighted by Crippen LogP contribution is 2.34. The molecular formula is C32H22BrClN4O5. The molecule has 0 aliphatic carbocycles. The minimum Gasteiger partial charge on any atom is -0.496 e. The highest BCUT2D eigenvalue weighted by Gasteiger charge is 2.19. The molecular weight excluding hydrogens is 636 g/mol. The average molecular weight is 658 g/mol. The number of hydrogen-bond donors (Lipinski definition) is 1. The van der Waals surface area contributed by atoms with E-state index in [0.29, 0.717) is 54.5 Å². The number of methoxy groups -OCH3 is 1. The number of ether oxygens (including phenoxy) is 2. The lowest BCUT2D eigenvalue weighted by Crippen LogP contribution is -2.21. The summed E-state index contributed by atoms with van der Waals surface area (Å²) < 4.78 is 19.1. The second-order valence-corrected chi connectivity index (χ2v) is 10.6. The van der Waals surface area contributed by atoms with Crippen LogP contribution in [0.5, 0.6) is 11.5 Å². The molecule has 2 heterocycles. The lowest BCUT2D eigenvalue weighted by molar-refractivity contribution is -0.118. The maximum atomic E-state index is 13.7. The van der Waals surface area contributed by atoms with Crippen molar-refractivity contribution in [3.05, 3.63) is 116 Å². The molecule has 1 N–H and O–H groups in total. The van der Waals surface area contributed by atoms with Crippen LogP contribution in [0.25, 0.3) is 33.5 Å². The molecule has 2 aromatic heterocycles. The number of carbonyl (C=O) groups excluding carboxylic acids is 1. The van der Waals surface area contributed by atoms with E-state index in [1.165, 1.54) is 6.21 Å². The van der Waals surface area contributed by atoms with Gasteiger partial charge >= 0.3 is 0 Å². The third kappa shape index (κ3) is 5.88. The summed E-state index contributed by atoms with van der Waals surface area (Å²) in [5, 5.41) is 8.78. The fourth-order valence-corrected chi connectivity index (χ4v) is 5.47. The maximum Gasteiger partial charge on any atom is 0.282 e. The van der Waals surface area contributed by atoms with E-state index in [0.717, 1.165) is 10.1 Å². The van der Waals surface area contributed by atoms with Crippen molar-refractivity contribution in [2.24, 2.45) is 5.10 Å². The third-order valence-corrected chi connectivity index (χ3v) is 7.28. The van der Waals surface area contributed by atoms with Gasteiger partial charge in [0.2, 0.25) is 5.82 Å². The zero-order chi connectivity index (χ0) is 29.9. The number of benzene rings is 4. The number of hydrogen-bond acceptors (Lipinski definition) is 7. The Balaban J connectivity index is 1.40. The molecule has 4 aromatic carbocycles. The van der Waals surface area contributed by atoms with Crippen molar-refractivity contribution >= 4 is 67.2 Å². The van der Waals surface area contributed by atoms with E-state index in [1.807, 2.05) is 30.3 Å². The zero-order valence-electron chi connectivity index (χ0n) is 22.6. The van der Waals surface area contributed by atoms with Gasteiger partial charge in [0.05, 0.1) is 34.1 Å². The minimum atomic E-state index is -0.407. The molecule has 0 aliphatic heterocycles. The van der Waals surface area contributed by atoms with Crippen LogP contribution in [0, 0.1) is 0 Å². The predicted octanol–water partition coefficient (Wildman–Crippen LogP) is 7.13. The Kier molecular flexibility index (Phi) is 7.95. The largest absolute Gasteiger partial charge is 0.496 e. The van der Waals surface area contributed by atoms with Crippen LogP contribution in [0.1, 0.15) is 5.56 Å². The molecule has 0 saturated heterocycles. The fourth-order valence-electron chi connectivity index (χ4n) is 4.52. The summed E-state index contributed by atoms with van der Waals surface area (Å²) in [6.45, 7) is -0.278. The van der Waals surface area contributed by atoms with Crippen molar-refractivity contribution in [3.8, 4) is 23.1 Å². The summed E-state index contributed by atoms with van der Waals surface area (Å²) in [5.74, 6) is 1.08. The Hall–Kier alpha value is -4.93. The van der Waals surface area contributed by atoms with Gasteiger partial charge in [-0.1, -0.05) is 48.0 Å². The number of anilines is 1. The van der Waals surface area contributed by atoms with Crippen molar-refractivity contribution in [1.29, 1.82) is 0 Å². The first kappa shape index (κ1) is 28.2. The van der Waals surface area contributed by atoms with Gasteiger partial charge in [0.1, 0.15) is 17.1 Å². The van der Waals surface area contributed by atoms with Crippen molar-refractivity contribution in [1.82, 2.24) is 9.66 Å². The quantitative estimate of drug-likeness (QED) is 0.175. The van der Waals surface area contributed by atoms with Crippen LogP contribution in [-0.4, -0.2) is 35.5 Å². The monoisotopic (exact) mass is 656 g/mol. The van der Waals surface area contributed by atoms with Crippen molar-refractivity contribution < 1.29 is 18.7 Å². The highest BCUT2D eigenvalue weighted by atomic mass is 79.9. The molecule has 0 fully saturated rings. The van der Waals surface area contributed by atoms with E-state index in [-0.39, 0.29) is 18.3 Å². The average Bonchev–Trinajstić information content (AvgIpc) is 3.45. The van der Waals surface area contributed by atoms with E-state index in [4.69, 9.17) is 30.5 Å². The van der Waals surface area contributed by atoms with Crippen molar-refractivity contribution in [2.45, 2.75) is 0 Å². The van der Waals surface area contributed by atoms with Gasteiger partial charge in [-0.25, -0.2) is 4.98 Å². The van der Waals surface area contributed by atoms with Crippen LogP contribution in [0.4, 0.5) is 5.69 Å². The summed E-state index contributed by atoms with van der Waals surface area (Å²) in [6.07, 6.45) is 1.42. The number of amides is 1. The van der Waals surface area contributed by atoms with Crippen molar-refractivity contribution in [2.75, 3.05) is 19.0 Å². The number of para-hydroxylation sites is 2. The molecule has 11 heteroatoms. The molecule has 9 nitrogen and oxygen atoms in total. The molecule has 0 unspecified atom stereocenters. The number of nitrogens with zero attached hydrogens (tertiary/aromatic N) is 3. The Labute approximate surface area is 258 Å². The lowest BCUT2D eigenvalue weighted by atomic mass is 10.2. The molecule has 0 atom stereocenters. The Morgan fingerprint density at radius 3 is 2.65 bits per heavy atom. The topological polar surface area (TPSA) is 108 Å². The van der Waals surface area contributed by atoms with Gasteiger partial charge < -0.3 is 19.2 Å². The van der Waals surface area contributed by atoms with Crippen LogP contribution >= 0.6 is 27.5 Å². The number of rotatable bonds is 8. The number of aromatic nitrogens is 2. The smallest absolute Gasteiger partial charge is 0.282 e. The molecule has 1 amide bonds. The molecule has 0 radical (unpaired) electrons. The van der Waals surface area contributed by atoms with Gasteiger partial charge in [-0.05, 0) is 70.5 Å². The van der Waals surface area contributed by atoms with E-state index >= 15 is 0 Å². The number of fused-ring (bicyclic) bond motifs is 2. The summed E-state index contributed by atoms with van der Waals surface area (Å²) in [6, 6.07) is 26.5. The van der Waals surface area contributed by atoms with Crippen LogP contribution in [0.2, 0.25) is 5.02 Å². The molecule has 6 aromatic rings. The van der Waals surface area contributed by atoms with Gasteiger partial charge in [-0.3, -0.25) is 9.59 Å². The maximum absolute atomic E-state index is 13.7. The lowest BCUT2D eigenvalue weighted by Gasteiger charge is -2.12. The van der Waals surface area contributed by atoms with Gasteiger partial charge in [-0.2, -0.15) is 9.78 Å². The van der Waals surface area contributed by atoms with E-state index < -0.39 is 5.56 Å². The van der Waals surface area contributed by atoms with Crippen LogP contribution in [-0.2, 0) is 4.79 Å². The Bertz CT molecular complexity index is 2070. The zero-order valence-corrected chi connectivity index (χ0v) is 24.9. The number of nitrogens with one attached hydrogen (secondary N) is 1. The second-order valence-electron chi connectivity index (χ2n) is 9.31. The highest BCUT2D eigenvalue weighted by molar-refractivity contribution is 9.10. The van der Waals surface area contributed by atoms with Gasteiger partial charge in [-0.15, -0.1) is 0 Å². The molecule has 43 heavy (non-hydrogen) atoms. The first-order chi connectivity index (χ1) is 20.9. The van der Waals surface area contributed by atoms with Gasteiger partial charge in [0.25, 0.3) is 11.5 Å². The minimum absolute atomic E-state index is 0.184. The van der Waals surface area contributed by atoms with Gasteiger partial charge in [0, 0.05) is 16.3 Å². The number of carbonyl (C=O) groups is 1. The molecule has 6 rings (SSSR count). The normalized spacial score (nSPS) is 11.3. The van der Waals surface area contributed by atoms with Crippen molar-refractivity contribution in [3.63, 3.8) is 0 Å². The summed E-state index contributed by atoms with van der Waals surface area (Å²) >= 11 is 9.81. The van der Waals surface area contributed by atoms with Crippen LogP contribution in [0.3, 0.4) is 0 Å². The number of furan rings is 1. The van der Waals surface area contributed by atoms with E-state index in [2.05, 4.69) is 26.3 Å². The first-order valence-electron chi connectivity index (χ1n) is 13.0. The fraction of sp³-hybridized carbons (Fsp3) is 0.0625. The van der Waals surface area contributed by atoms with E-state index in [1.54, 1.807) is 67.8 Å². The summed E-state index contributed by atoms with van der Waals surface area (Å²) in [5.41, 5.74) is 1.71. The first-order valence-corrected chi connectivity index (χ1v) is 14.2. The standard InChI is InChI=1S/C32H22BrClN4O5/c1-41-26-12-7-13-27-23(26)16-28(43-27)31-37-25-11-6-5-10-22(25)32(40)38(31)35-17-19-14-20(34)15-24(33)30(19)42-18-29(39)36-21-8-3-2-4-9-21/h2-17H,18H2,1H3,(H,36,39). The summed E-state index contributed by atoms with van der Waals surface area (Å²) in [7, 11) is 1.57. The molecule has 0 spiro atoms. The third-order valence-electron chi connectivity index (χ3n) is 6.47. The number of halogens is 2. The Morgan fingerprint density at radius 2 is 1.84 bits per heavy atom. The molecule has 0 aliphatic rings.